The Balaban J connectivity index is 0.000000207. The van der Waals surface area contributed by atoms with Crippen molar-refractivity contribution in [3.63, 3.8) is 0 Å². The summed E-state index contributed by atoms with van der Waals surface area (Å²) in [4.78, 5) is 51.2. The molecule has 2 amide bonds. The van der Waals surface area contributed by atoms with Crippen LogP contribution in [0.3, 0.4) is 0 Å². The number of halogens is 8. The van der Waals surface area contributed by atoms with Crippen LogP contribution in [-0.4, -0.2) is 139 Å². The summed E-state index contributed by atoms with van der Waals surface area (Å²) in [5.41, 5.74) is -13.6. The molecule has 4 aromatic carbocycles. The third kappa shape index (κ3) is 10.7. The fraction of sp³-hybridized carbons (Fsp3) is 0.424. The van der Waals surface area contributed by atoms with Crippen LogP contribution in [0.2, 0.25) is 20.1 Å². The fourth-order valence-corrected chi connectivity index (χ4v) is 12.4. The number of fused-ring (bicyclic) bond motifs is 2. The van der Waals surface area contributed by atoms with Crippen LogP contribution < -0.4 is 0 Å². The number of piperidine rings is 2. The van der Waals surface area contributed by atoms with Crippen LogP contribution in [0.1, 0.15) is 124 Å². The van der Waals surface area contributed by atoms with Gasteiger partial charge in [0.15, 0.2) is 11.4 Å². The summed E-state index contributed by atoms with van der Waals surface area (Å²) in [7, 11) is 5.08. The van der Waals surface area contributed by atoms with E-state index in [4.69, 9.17) is 61.4 Å². The van der Waals surface area contributed by atoms with Crippen molar-refractivity contribution in [2.24, 2.45) is 0 Å². The highest BCUT2D eigenvalue weighted by Crippen LogP contribution is 2.54. The Morgan fingerprint density at radius 1 is 0.610 bits per heavy atom. The molecule has 0 aliphatic carbocycles. The molecule has 82 heavy (non-hydrogen) atoms. The average molecular weight is 1220 g/mol. The van der Waals surface area contributed by atoms with Gasteiger partial charge in [-0.15, -0.1) is 0 Å². The first-order chi connectivity index (χ1) is 40.4. The molecule has 3 N–H and O–H groups in total. The van der Waals surface area contributed by atoms with Gasteiger partial charge < -0.3 is 34.6 Å². The fourth-order valence-electron chi connectivity index (χ4n) is 11.9. The SMILES string of the molecule is CCC(O)(c1cc(F)c2c(c1)C(=O)N(Cc1ncc(Cl)cn1)[C@]2(OC)c1ccc(Cl)cc1)C1(F)CCN(C)CC1.[2H]C([2H])(O)C([2H])([2H])O[C@]1(c2ccc(Cl)cc2)c2c(F)cc(C(O)(CC)C3(F)CCN(C)CC3)cc2C(=O)N1Cc1ncc(Cl)cn1. The van der Waals surface area contributed by atoms with Crippen LogP contribution in [0.5, 0.6) is 0 Å². The van der Waals surface area contributed by atoms with Gasteiger partial charge >= 0.3 is 0 Å². The lowest BCUT2D eigenvalue weighted by Gasteiger charge is -2.46. The maximum absolute atomic E-state index is 16.8. The van der Waals surface area contributed by atoms with Gasteiger partial charge in [0, 0.05) is 79.2 Å². The number of carbonyl (C=O) groups is 2. The second-order valence-electron chi connectivity index (χ2n) is 21.0. The third-order valence-corrected chi connectivity index (χ3v) is 17.4. The maximum atomic E-state index is 16.8. The van der Waals surface area contributed by atoms with E-state index in [0.29, 0.717) is 41.8 Å². The second kappa shape index (κ2) is 23.9. The summed E-state index contributed by atoms with van der Waals surface area (Å²) < 4.78 is 110. The van der Waals surface area contributed by atoms with Crippen LogP contribution in [0, 0.1) is 11.6 Å². The molecule has 6 heterocycles. The molecule has 436 valence electrons. The number of hydrogen-bond donors (Lipinski definition) is 3. The van der Waals surface area contributed by atoms with Crippen molar-refractivity contribution in [2.75, 3.05) is 60.5 Å². The van der Waals surface area contributed by atoms with Gasteiger partial charge in [-0.3, -0.25) is 19.4 Å². The van der Waals surface area contributed by atoms with E-state index in [2.05, 4.69) is 19.9 Å². The van der Waals surface area contributed by atoms with Crippen molar-refractivity contribution >= 4 is 58.2 Å². The van der Waals surface area contributed by atoms with E-state index in [-0.39, 0.29) is 94.6 Å². The minimum atomic E-state index is -3.64. The Morgan fingerprint density at radius 2 is 0.963 bits per heavy atom. The summed E-state index contributed by atoms with van der Waals surface area (Å²) in [6.07, 6.45) is 5.18. The molecule has 4 aliphatic heterocycles. The molecule has 6 aromatic rings. The third-order valence-electron chi connectivity index (χ3n) is 16.5. The smallest absolute Gasteiger partial charge is 0.257 e. The molecule has 0 saturated carbocycles. The minimum Gasteiger partial charge on any atom is -0.394 e. The predicted molar refractivity (Wildman–Crippen MR) is 301 cm³/mol. The number of alkyl halides is 2. The first-order valence-corrected chi connectivity index (χ1v) is 27.8. The van der Waals surface area contributed by atoms with Crippen LogP contribution in [0.15, 0.2) is 97.6 Å². The number of likely N-dealkylation sites (tertiary alicyclic amines) is 2. The van der Waals surface area contributed by atoms with Gasteiger partial charge in [-0.1, -0.05) is 84.5 Å². The van der Waals surface area contributed by atoms with E-state index in [9.17, 15) is 24.9 Å². The van der Waals surface area contributed by atoms with Gasteiger partial charge in [0.05, 0.1) is 64.0 Å². The van der Waals surface area contributed by atoms with Crippen LogP contribution >= 0.6 is 46.4 Å². The van der Waals surface area contributed by atoms with Crippen LogP contribution in [-0.2, 0) is 45.2 Å². The molecule has 4 atom stereocenters. The van der Waals surface area contributed by atoms with Crippen molar-refractivity contribution in [2.45, 2.75) is 99.5 Å². The summed E-state index contributed by atoms with van der Waals surface area (Å²) in [5.74, 6) is -3.29. The maximum Gasteiger partial charge on any atom is 0.257 e. The number of aromatic nitrogens is 4. The summed E-state index contributed by atoms with van der Waals surface area (Å²) in [5, 5.41) is 35.0. The number of methoxy groups -OCH3 is 1. The molecular weight excluding hydrogens is 1150 g/mol. The number of carbonyl (C=O) groups excluding carboxylic acids is 2. The van der Waals surface area contributed by atoms with Gasteiger partial charge in [0.1, 0.15) is 45.8 Å². The first-order valence-electron chi connectivity index (χ1n) is 28.3. The molecule has 2 fully saturated rings. The highest BCUT2D eigenvalue weighted by molar-refractivity contribution is 6.31. The number of nitrogens with zero attached hydrogens (tertiary/aromatic N) is 8. The number of benzene rings is 4. The molecule has 2 aromatic heterocycles. The van der Waals surface area contributed by atoms with Crippen LogP contribution in [0.4, 0.5) is 17.6 Å². The lowest BCUT2D eigenvalue weighted by atomic mass is 9.71. The molecule has 23 heteroatoms. The lowest BCUT2D eigenvalue weighted by Crippen LogP contribution is -2.54. The molecule has 0 radical (unpaired) electrons. The number of rotatable bonds is 16. The molecule has 2 unspecified atom stereocenters. The Labute approximate surface area is 498 Å². The molecule has 2 saturated heterocycles. The average Bonchev–Trinajstić information content (AvgIpc) is 1.52. The zero-order chi connectivity index (χ0) is 62.7. The van der Waals surface area contributed by atoms with Gasteiger partial charge in [0.2, 0.25) is 0 Å². The summed E-state index contributed by atoms with van der Waals surface area (Å²) in [6, 6.07) is 16.5. The highest BCUT2D eigenvalue weighted by Gasteiger charge is 2.59. The second-order valence-corrected chi connectivity index (χ2v) is 22.7. The van der Waals surface area contributed by atoms with E-state index in [1.165, 1.54) is 67.1 Å². The standard InChI is InChI=1S/C30H32Cl2F2N4O4.C29H30Cl2F2N4O3/c1-3-29(41,28(34)8-10-37(2)11-9-28)20-14-23-26(24(33)15-20)30(42-13-12-39,19-4-6-21(31)7-5-19)38(27(23)40)18-25-35-16-22(32)17-36-25;1-4-28(39,27(33)9-11-36(2)12-10-27)19-13-22-25(23(32)14-19)29(40-3,18-5-7-20(30)8-6-18)37(26(22)38)17-24-34-15-21(31)16-35-24/h4-7,14-17,39,41H,3,8-13,18H2,1-2H3;5-8,13-16,39H,4,9-12,17H2,1-3H3/t29?,30-;28?,29-/m10/s1/i12D2,13D2;. The number of aliphatic hydroxyl groups is 3. The Hall–Kier alpha value is -5.42. The van der Waals surface area contributed by atoms with E-state index in [0.717, 1.165) is 23.1 Å². The number of amides is 2. The number of ether oxygens (including phenoxy) is 2. The molecule has 15 nitrogen and oxygen atoms in total. The van der Waals surface area contributed by atoms with Gasteiger partial charge in [-0.2, -0.15) is 0 Å². The molecule has 0 bridgehead atoms. The van der Waals surface area contributed by atoms with Gasteiger partial charge in [0.25, 0.3) is 11.8 Å². The predicted octanol–water partition coefficient (Wildman–Crippen LogP) is 10.3. The van der Waals surface area contributed by atoms with E-state index < -0.39 is 88.2 Å². The zero-order valence-corrected chi connectivity index (χ0v) is 48.3. The van der Waals surface area contributed by atoms with Gasteiger partial charge in [-0.25, -0.2) is 37.5 Å². The topological polar surface area (TPSA) is 178 Å². The summed E-state index contributed by atoms with van der Waals surface area (Å²) in [6.45, 7) is -3.10. The number of hydrogen-bond acceptors (Lipinski definition) is 13. The van der Waals surface area contributed by atoms with Crippen molar-refractivity contribution in [1.29, 1.82) is 0 Å². The highest BCUT2D eigenvalue weighted by atomic mass is 35.5. The molecule has 0 spiro atoms. The Kier molecular flexibility index (Phi) is 16.3. The molecule has 4 aliphatic rings. The Bertz CT molecular complexity index is 3500. The van der Waals surface area contributed by atoms with Crippen LogP contribution in [0.25, 0.3) is 0 Å². The monoisotopic (exact) mass is 1210 g/mol. The van der Waals surface area contributed by atoms with Gasteiger partial charge in [-0.05, 0) is 112 Å². The van der Waals surface area contributed by atoms with E-state index in [1.54, 1.807) is 38.1 Å². The quantitative estimate of drug-likeness (QED) is 0.0781. The largest absolute Gasteiger partial charge is 0.394 e. The summed E-state index contributed by atoms with van der Waals surface area (Å²) >= 11 is 24.2. The molecule has 10 rings (SSSR count). The first kappa shape index (κ1) is 55.8. The minimum absolute atomic E-state index is 0.00539. The van der Waals surface area contributed by atoms with E-state index in [1.807, 2.05) is 23.9 Å². The van der Waals surface area contributed by atoms with E-state index >= 15 is 17.6 Å². The normalized spacial score (nSPS) is 23.1. The van der Waals surface area contributed by atoms with Crippen molar-refractivity contribution in [3.05, 3.63) is 185 Å². The van der Waals surface area contributed by atoms with Crippen molar-refractivity contribution in [1.82, 2.24) is 39.5 Å². The Morgan fingerprint density at radius 3 is 1.32 bits per heavy atom. The molecular formula is C59H62Cl4F4N8O7. The zero-order valence-electron chi connectivity index (χ0n) is 49.3. The van der Waals surface area contributed by atoms with Crippen molar-refractivity contribution < 1.29 is 57.4 Å². The van der Waals surface area contributed by atoms with Crippen molar-refractivity contribution in [3.8, 4) is 0 Å². The lowest BCUT2D eigenvalue weighted by molar-refractivity contribution is -0.136.